The maximum Gasteiger partial charge on any atom is 0.232 e. The Kier molecular flexibility index (Phi) is 4.71. The first-order chi connectivity index (χ1) is 7.15. The Morgan fingerprint density at radius 3 is 2.80 bits per heavy atom. The first kappa shape index (κ1) is 12.1. The molecular formula is C10H18N2O3. The zero-order valence-corrected chi connectivity index (χ0v) is 9.43. The number of aryl methyl sites for hydroxylation is 1. The van der Waals surface area contributed by atoms with Crippen LogP contribution >= 0.6 is 0 Å². The smallest absolute Gasteiger partial charge is 0.232 e. The van der Waals surface area contributed by atoms with Gasteiger partial charge in [0.25, 0.3) is 0 Å². The molecule has 5 heteroatoms. The first-order valence-electron chi connectivity index (χ1n) is 5.14. The van der Waals surface area contributed by atoms with Crippen molar-refractivity contribution in [2.24, 2.45) is 0 Å². The second kappa shape index (κ2) is 5.82. The molecule has 1 heterocycles. The third-order valence-electron chi connectivity index (χ3n) is 2.35. The Morgan fingerprint density at radius 2 is 2.20 bits per heavy atom. The van der Waals surface area contributed by atoms with Crippen LogP contribution in [0.4, 0.5) is 0 Å². The van der Waals surface area contributed by atoms with Gasteiger partial charge in [0.05, 0.1) is 12.0 Å². The summed E-state index contributed by atoms with van der Waals surface area (Å²) in [6.07, 6.45) is 1.14. The maximum absolute atomic E-state index is 9.35. The number of aliphatic hydroxyl groups excluding tert-OH is 1. The molecule has 86 valence electrons. The quantitative estimate of drug-likeness (QED) is 0.719. The summed E-state index contributed by atoms with van der Waals surface area (Å²) in [5, 5.41) is 13.2. The molecule has 1 N–H and O–H groups in total. The molecule has 0 radical (unpaired) electrons. The number of methoxy groups -OCH3 is 1. The summed E-state index contributed by atoms with van der Waals surface area (Å²) in [5.41, 5.74) is 0. The maximum atomic E-state index is 9.35. The van der Waals surface area contributed by atoms with E-state index in [1.165, 1.54) is 0 Å². The molecule has 5 nitrogen and oxygen atoms in total. The van der Waals surface area contributed by atoms with Crippen molar-refractivity contribution in [1.82, 2.24) is 10.1 Å². The highest BCUT2D eigenvalue weighted by molar-refractivity contribution is 4.94. The van der Waals surface area contributed by atoms with Crippen LogP contribution in [0.5, 0.6) is 0 Å². The molecule has 0 aliphatic heterocycles. The number of aromatic nitrogens is 2. The molecule has 15 heavy (non-hydrogen) atoms. The molecule has 0 aliphatic carbocycles. The molecule has 0 saturated heterocycles. The largest absolute Gasteiger partial charge is 0.393 e. The molecule has 0 spiro atoms. The van der Waals surface area contributed by atoms with Gasteiger partial charge in [-0.05, 0) is 13.3 Å². The molecule has 0 saturated carbocycles. The molecule has 2 unspecified atom stereocenters. The molecule has 0 fully saturated rings. The van der Waals surface area contributed by atoms with Gasteiger partial charge in [-0.15, -0.1) is 0 Å². The zero-order valence-electron chi connectivity index (χ0n) is 9.43. The Balaban J connectivity index is 2.48. The third-order valence-corrected chi connectivity index (χ3v) is 2.35. The lowest BCUT2D eigenvalue weighted by molar-refractivity contribution is 0.151. The molecule has 0 aliphatic rings. The van der Waals surface area contributed by atoms with E-state index in [-0.39, 0.29) is 5.92 Å². The van der Waals surface area contributed by atoms with Crippen molar-refractivity contribution in [2.75, 3.05) is 13.7 Å². The molecule has 0 aromatic carbocycles. The van der Waals surface area contributed by atoms with Crippen molar-refractivity contribution in [3.8, 4) is 0 Å². The van der Waals surface area contributed by atoms with E-state index >= 15 is 0 Å². The summed E-state index contributed by atoms with van der Waals surface area (Å²) in [5.74, 6) is 1.06. The van der Waals surface area contributed by atoms with Crippen LogP contribution < -0.4 is 0 Å². The number of ether oxygens (including phenoxy) is 1. The van der Waals surface area contributed by atoms with Crippen LogP contribution in [0.25, 0.3) is 0 Å². The minimum Gasteiger partial charge on any atom is -0.393 e. The van der Waals surface area contributed by atoms with Gasteiger partial charge in [-0.1, -0.05) is 12.1 Å². The predicted molar refractivity (Wildman–Crippen MR) is 54.6 cm³/mol. The second-order valence-corrected chi connectivity index (χ2v) is 3.67. The predicted octanol–water partition coefficient (Wildman–Crippen LogP) is 1.13. The normalized spacial score (nSPS) is 15.2. The lowest BCUT2D eigenvalue weighted by atomic mass is 10.1. The van der Waals surface area contributed by atoms with Gasteiger partial charge < -0.3 is 14.4 Å². The van der Waals surface area contributed by atoms with E-state index in [1.54, 1.807) is 14.0 Å². The monoisotopic (exact) mass is 214 g/mol. The van der Waals surface area contributed by atoms with Crippen molar-refractivity contribution in [1.29, 1.82) is 0 Å². The highest BCUT2D eigenvalue weighted by Crippen LogP contribution is 2.16. The number of hydrogen-bond donors (Lipinski definition) is 1. The van der Waals surface area contributed by atoms with E-state index in [0.717, 1.165) is 12.8 Å². The summed E-state index contributed by atoms with van der Waals surface area (Å²) >= 11 is 0. The average Bonchev–Trinajstić information content (AvgIpc) is 2.65. The minimum absolute atomic E-state index is 0.117. The van der Waals surface area contributed by atoms with E-state index in [4.69, 9.17) is 9.26 Å². The molecule has 1 rings (SSSR count). The van der Waals surface area contributed by atoms with Crippen molar-refractivity contribution in [2.45, 2.75) is 38.7 Å². The fourth-order valence-corrected chi connectivity index (χ4v) is 1.13. The van der Waals surface area contributed by atoms with Gasteiger partial charge >= 0.3 is 0 Å². The lowest BCUT2D eigenvalue weighted by Crippen LogP contribution is -2.11. The molecule has 1 aromatic rings. The van der Waals surface area contributed by atoms with Crippen LogP contribution in [0.2, 0.25) is 0 Å². The fourth-order valence-electron chi connectivity index (χ4n) is 1.13. The van der Waals surface area contributed by atoms with Gasteiger partial charge in [0, 0.05) is 20.1 Å². The SMILES string of the molecule is COCCCc1noc(C(C)C(C)O)n1. The van der Waals surface area contributed by atoms with Crippen LogP contribution in [-0.4, -0.2) is 35.1 Å². The Labute approximate surface area is 89.4 Å². The minimum atomic E-state index is -0.475. The van der Waals surface area contributed by atoms with Gasteiger partial charge in [-0.25, -0.2) is 0 Å². The van der Waals surface area contributed by atoms with Gasteiger partial charge in [0.1, 0.15) is 0 Å². The van der Waals surface area contributed by atoms with Crippen molar-refractivity contribution in [3.05, 3.63) is 11.7 Å². The van der Waals surface area contributed by atoms with E-state index in [0.29, 0.717) is 18.3 Å². The first-order valence-corrected chi connectivity index (χ1v) is 5.14. The number of nitrogens with zero attached hydrogens (tertiary/aromatic N) is 2. The van der Waals surface area contributed by atoms with E-state index in [2.05, 4.69) is 10.1 Å². The van der Waals surface area contributed by atoms with Crippen molar-refractivity contribution >= 4 is 0 Å². The number of aliphatic hydroxyl groups is 1. The summed E-state index contributed by atoms with van der Waals surface area (Å²) in [6, 6.07) is 0. The standard InChI is InChI=1S/C10H18N2O3/c1-7(8(2)13)10-11-9(12-15-10)5-4-6-14-3/h7-8,13H,4-6H2,1-3H3. The second-order valence-electron chi connectivity index (χ2n) is 3.67. The van der Waals surface area contributed by atoms with Crippen LogP contribution in [0.1, 0.15) is 37.9 Å². The lowest BCUT2D eigenvalue weighted by Gasteiger charge is -2.07. The molecule has 2 atom stereocenters. The zero-order chi connectivity index (χ0) is 11.3. The Bertz CT molecular complexity index is 286. The highest BCUT2D eigenvalue weighted by atomic mass is 16.5. The van der Waals surface area contributed by atoms with Crippen molar-refractivity contribution < 1.29 is 14.4 Å². The summed E-state index contributed by atoms with van der Waals surface area (Å²) < 4.78 is 9.99. The molecule has 1 aromatic heterocycles. The topological polar surface area (TPSA) is 68.4 Å². The molecule has 0 bridgehead atoms. The van der Waals surface area contributed by atoms with Crippen LogP contribution in [0, 0.1) is 0 Å². The highest BCUT2D eigenvalue weighted by Gasteiger charge is 2.18. The number of hydrogen-bond acceptors (Lipinski definition) is 5. The van der Waals surface area contributed by atoms with Crippen LogP contribution in [-0.2, 0) is 11.2 Å². The van der Waals surface area contributed by atoms with Gasteiger partial charge in [0.15, 0.2) is 5.82 Å². The average molecular weight is 214 g/mol. The Hall–Kier alpha value is -0.940. The third kappa shape index (κ3) is 3.60. The van der Waals surface area contributed by atoms with Gasteiger partial charge in [0.2, 0.25) is 5.89 Å². The molecule has 0 amide bonds. The fraction of sp³-hybridized carbons (Fsp3) is 0.800. The van der Waals surface area contributed by atoms with Crippen LogP contribution in [0.3, 0.4) is 0 Å². The van der Waals surface area contributed by atoms with E-state index in [9.17, 15) is 5.11 Å². The van der Waals surface area contributed by atoms with E-state index < -0.39 is 6.10 Å². The molecular weight excluding hydrogens is 196 g/mol. The van der Waals surface area contributed by atoms with Gasteiger partial charge in [-0.3, -0.25) is 0 Å². The van der Waals surface area contributed by atoms with Gasteiger partial charge in [-0.2, -0.15) is 4.98 Å². The summed E-state index contributed by atoms with van der Waals surface area (Å²) in [4.78, 5) is 4.21. The summed E-state index contributed by atoms with van der Waals surface area (Å²) in [7, 11) is 1.66. The summed E-state index contributed by atoms with van der Waals surface area (Å²) in [6.45, 7) is 4.26. The van der Waals surface area contributed by atoms with E-state index in [1.807, 2.05) is 6.92 Å². The Morgan fingerprint density at radius 1 is 1.47 bits per heavy atom. The van der Waals surface area contributed by atoms with Crippen molar-refractivity contribution in [3.63, 3.8) is 0 Å². The van der Waals surface area contributed by atoms with Crippen LogP contribution in [0.15, 0.2) is 4.52 Å². The number of rotatable bonds is 6.